The van der Waals surface area contributed by atoms with Gasteiger partial charge in [-0.2, -0.15) is 0 Å². The van der Waals surface area contributed by atoms with Gasteiger partial charge in [0.25, 0.3) is 0 Å². The number of halogens is 1. The van der Waals surface area contributed by atoms with Crippen molar-refractivity contribution in [1.82, 2.24) is 0 Å². The largest absolute Gasteiger partial charge is 0.378 e. The Bertz CT molecular complexity index is 856. The van der Waals surface area contributed by atoms with E-state index in [1.165, 1.54) is 50.0 Å². The van der Waals surface area contributed by atoms with Crippen molar-refractivity contribution >= 4 is 62.8 Å². The Morgan fingerprint density at radius 2 is 0.812 bits per heavy atom. The highest BCUT2D eigenvalue weighted by Gasteiger charge is 2.44. The second-order valence-electron chi connectivity index (χ2n) is 8.81. The summed E-state index contributed by atoms with van der Waals surface area (Å²) in [5.41, 5.74) is 3.73. The van der Waals surface area contributed by atoms with Crippen molar-refractivity contribution < 1.29 is 0 Å². The van der Waals surface area contributed by atoms with E-state index in [1.807, 2.05) is 0 Å². The quantitative estimate of drug-likeness (QED) is 0.207. The minimum atomic E-state index is -1.78. The van der Waals surface area contributed by atoms with E-state index in [0.717, 1.165) is 0 Å². The molecule has 0 amide bonds. The molecule has 0 aliphatic heterocycles. The molecule has 3 aromatic carbocycles. The van der Waals surface area contributed by atoms with Crippen LogP contribution >= 0.6 is 29.9 Å². The van der Waals surface area contributed by atoms with Gasteiger partial charge in [0.2, 0.25) is 0 Å². The molecule has 0 N–H and O–H groups in total. The fourth-order valence-electron chi connectivity index (χ4n) is 4.15. The minimum absolute atomic E-state index is 1.17. The summed E-state index contributed by atoms with van der Waals surface area (Å²) in [5, 5.41) is 4.38. The molecular formula is C27H36IN3P+. The highest BCUT2D eigenvalue weighted by Crippen LogP contribution is 2.56. The molecule has 32 heavy (non-hydrogen) atoms. The summed E-state index contributed by atoms with van der Waals surface area (Å²) in [6.45, 7) is 0. The predicted octanol–water partition coefficient (Wildman–Crippen LogP) is 5.00. The van der Waals surface area contributed by atoms with Crippen LogP contribution in [0.25, 0.3) is 0 Å². The van der Waals surface area contributed by atoms with Gasteiger partial charge in [-0.05, 0) is 79.2 Å². The zero-order valence-corrected chi connectivity index (χ0v) is 23.3. The van der Waals surface area contributed by atoms with Gasteiger partial charge < -0.3 is 14.7 Å². The van der Waals surface area contributed by atoms with E-state index < -0.39 is 7.26 Å². The second-order valence-corrected chi connectivity index (χ2v) is 13.5. The van der Waals surface area contributed by atoms with Gasteiger partial charge in [-0.15, -0.1) is 0 Å². The van der Waals surface area contributed by atoms with E-state index in [0.29, 0.717) is 0 Å². The number of alkyl halides is 1. The average Bonchev–Trinajstić information content (AvgIpc) is 2.80. The van der Waals surface area contributed by atoms with Crippen LogP contribution in [0.4, 0.5) is 17.1 Å². The summed E-state index contributed by atoms with van der Waals surface area (Å²) in [4.78, 5) is 6.52. The normalized spacial score (nSPS) is 11.3. The Kier molecular flexibility index (Phi) is 8.46. The zero-order valence-electron chi connectivity index (χ0n) is 20.2. The summed E-state index contributed by atoms with van der Waals surface area (Å²) < 4.78 is 1.17. The molecule has 0 aromatic heterocycles. The van der Waals surface area contributed by atoms with Crippen molar-refractivity contribution in [3.8, 4) is 0 Å². The monoisotopic (exact) mass is 560 g/mol. The maximum atomic E-state index is 2.53. The molecule has 170 valence electrons. The second kappa shape index (κ2) is 10.9. The van der Waals surface area contributed by atoms with Gasteiger partial charge in [0.05, 0.1) is 6.16 Å². The van der Waals surface area contributed by atoms with Crippen LogP contribution in [0, 0.1) is 0 Å². The predicted molar refractivity (Wildman–Crippen MR) is 156 cm³/mol. The Hall–Kier alpha value is -1.78. The molecule has 0 saturated carbocycles. The van der Waals surface area contributed by atoms with Crippen LogP contribution in [0.2, 0.25) is 0 Å². The third-order valence-electron chi connectivity index (χ3n) is 6.05. The lowest BCUT2D eigenvalue weighted by Crippen LogP contribution is -2.34. The average molecular weight is 560 g/mol. The van der Waals surface area contributed by atoms with Crippen molar-refractivity contribution in [1.29, 1.82) is 0 Å². The lowest BCUT2D eigenvalue weighted by atomic mass is 10.3. The standard InChI is InChI=1S/C27H36IN3P/c1-29(2)22-8-14-25(15-9-22)32(21-7-20-28,26-16-10-23(11-17-26)30(3)4)27-18-12-24(13-19-27)31(5)6/h8-19H,7,20-21H2,1-6H3/q+1. The maximum Gasteiger partial charge on any atom is 0.112 e. The van der Waals surface area contributed by atoms with E-state index in [1.54, 1.807) is 0 Å². The van der Waals surface area contributed by atoms with E-state index >= 15 is 0 Å². The molecule has 3 nitrogen and oxygen atoms in total. The molecule has 3 aromatic rings. The molecule has 0 saturated heterocycles. The van der Waals surface area contributed by atoms with Crippen molar-refractivity contribution in [2.24, 2.45) is 0 Å². The van der Waals surface area contributed by atoms with Gasteiger partial charge in [-0.1, -0.05) is 22.6 Å². The molecule has 0 aliphatic carbocycles. The highest BCUT2D eigenvalue weighted by atomic mass is 127. The lowest BCUT2D eigenvalue weighted by molar-refractivity contribution is 1.13. The Morgan fingerprint density at radius 1 is 0.531 bits per heavy atom. The van der Waals surface area contributed by atoms with E-state index in [2.05, 4.69) is 152 Å². The van der Waals surface area contributed by atoms with Gasteiger partial charge in [0.15, 0.2) is 0 Å². The van der Waals surface area contributed by atoms with Crippen LogP contribution in [-0.4, -0.2) is 52.9 Å². The van der Waals surface area contributed by atoms with Gasteiger partial charge >= 0.3 is 0 Å². The number of rotatable bonds is 9. The third kappa shape index (κ3) is 5.23. The lowest BCUT2D eigenvalue weighted by Gasteiger charge is -2.29. The van der Waals surface area contributed by atoms with E-state index in [4.69, 9.17) is 0 Å². The first kappa shape index (κ1) is 24.9. The third-order valence-corrected chi connectivity index (χ3v) is 11.3. The van der Waals surface area contributed by atoms with Crippen LogP contribution < -0.4 is 30.6 Å². The van der Waals surface area contributed by atoms with Crippen LogP contribution in [0.5, 0.6) is 0 Å². The molecule has 0 fully saturated rings. The summed E-state index contributed by atoms with van der Waals surface area (Å²) in [6.07, 6.45) is 2.38. The zero-order chi connectivity index (χ0) is 23.3. The van der Waals surface area contributed by atoms with Crippen LogP contribution in [0.1, 0.15) is 6.42 Å². The topological polar surface area (TPSA) is 9.72 Å². The minimum Gasteiger partial charge on any atom is -0.378 e. The molecule has 3 rings (SSSR count). The van der Waals surface area contributed by atoms with Gasteiger partial charge in [-0.25, -0.2) is 0 Å². The molecule has 0 bridgehead atoms. The summed E-state index contributed by atoms with van der Waals surface area (Å²) in [6, 6.07) is 27.9. The fraction of sp³-hybridized carbons (Fsp3) is 0.333. The number of benzene rings is 3. The number of hydrogen-bond donors (Lipinski definition) is 0. The summed E-state index contributed by atoms with van der Waals surface area (Å²) >= 11 is 2.53. The van der Waals surface area contributed by atoms with Gasteiger partial charge in [0.1, 0.15) is 23.2 Å². The first-order chi connectivity index (χ1) is 15.3. The van der Waals surface area contributed by atoms with Crippen LogP contribution in [-0.2, 0) is 0 Å². The molecule has 0 radical (unpaired) electrons. The van der Waals surface area contributed by atoms with Crippen molar-refractivity contribution in [3.63, 3.8) is 0 Å². The molecular weight excluding hydrogens is 524 g/mol. The van der Waals surface area contributed by atoms with E-state index in [9.17, 15) is 0 Å². The van der Waals surface area contributed by atoms with Crippen molar-refractivity contribution in [3.05, 3.63) is 72.8 Å². The van der Waals surface area contributed by atoms with Gasteiger partial charge in [-0.3, -0.25) is 0 Å². The smallest absolute Gasteiger partial charge is 0.112 e. The molecule has 0 heterocycles. The van der Waals surface area contributed by atoms with Crippen molar-refractivity contribution in [2.75, 3.05) is 67.6 Å². The SMILES string of the molecule is CN(C)c1ccc([P+](CCCI)(c2ccc(N(C)C)cc2)c2ccc(N(C)C)cc2)cc1. The fourth-order valence-corrected chi connectivity index (χ4v) is 9.41. The first-order valence-electron chi connectivity index (χ1n) is 11.1. The highest BCUT2D eigenvalue weighted by molar-refractivity contribution is 14.1. The van der Waals surface area contributed by atoms with Crippen LogP contribution in [0.15, 0.2) is 72.8 Å². The molecule has 0 unspecified atom stereocenters. The number of hydrogen-bond acceptors (Lipinski definition) is 3. The Balaban J connectivity index is 2.24. The molecule has 0 spiro atoms. The summed E-state index contributed by atoms with van der Waals surface area (Å²) in [5.74, 6) is 0. The molecule has 0 atom stereocenters. The first-order valence-corrected chi connectivity index (χ1v) is 14.6. The van der Waals surface area contributed by atoms with Crippen LogP contribution in [0.3, 0.4) is 0 Å². The maximum absolute atomic E-state index is 2.53. The van der Waals surface area contributed by atoms with Crippen molar-refractivity contribution in [2.45, 2.75) is 6.42 Å². The van der Waals surface area contributed by atoms with E-state index in [-0.39, 0.29) is 0 Å². The number of anilines is 3. The molecule has 5 heteroatoms. The Labute approximate surface area is 208 Å². The van der Waals surface area contributed by atoms with Gasteiger partial charge in [0, 0.05) is 63.8 Å². The Morgan fingerprint density at radius 3 is 1.03 bits per heavy atom. The summed E-state index contributed by atoms with van der Waals surface area (Å²) in [7, 11) is 10.8. The molecule has 0 aliphatic rings. The number of nitrogens with zero attached hydrogens (tertiary/aromatic N) is 3.